The fraction of sp³-hybridized carbons (Fsp3) is 0.278. The van der Waals surface area contributed by atoms with E-state index in [-0.39, 0.29) is 10.9 Å². The summed E-state index contributed by atoms with van der Waals surface area (Å²) < 4.78 is 15.0. The van der Waals surface area contributed by atoms with Crippen molar-refractivity contribution in [1.29, 1.82) is 0 Å². The van der Waals surface area contributed by atoms with Crippen LogP contribution in [0, 0.1) is 5.82 Å². The van der Waals surface area contributed by atoms with Crippen LogP contribution in [-0.4, -0.2) is 25.9 Å². The van der Waals surface area contributed by atoms with Gasteiger partial charge in [-0.1, -0.05) is 11.6 Å². The molecular formula is C18H17ClFN5O. The van der Waals surface area contributed by atoms with Crippen molar-refractivity contribution in [3.63, 3.8) is 0 Å². The summed E-state index contributed by atoms with van der Waals surface area (Å²) in [4.78, 5) is 12.5. The van der Waals surface area contributed by atoms with Crippen LogP contribution in [0.25, 0.3) is 5.69 Å². The van der Waals surface area contributed by atoms with E-state index in [1.807, 2.05) is 6.07 Å². The molecular weight excluding hydrogens is 357 g/mol. The Hall–Kier alpha value is -2.67. The predicted octanol–water partition coefficient (Wildman–Crippen LogP) is 4.01. The summed E-state index contributed by atoms with van der Waals surface area (Å²) in [6.07, 6.45) is 5.60. The van der Waals surface area contributed by atoms with Crippen molar-refractivity contribution >= 4 is 23.3 Å². The van der Waals surface area contributed by atoms with E-state index < -0.39 is 11.7 Å². The summed E-state index contributed by atoms with van der Waals surface area (Å²) >= 11 is 5.88. The Kier molecular flexibility index (Phi) is 4.24. The van der Waals surface area contributed by atoms with Crippen molar-refractivity contribution in [2.24, 2.45) is 0 Å². The zero-order valence-electron chi connectivity index (χ0n) is 14.0. The molecule has 1 aromatic carbocycles. The molecule has 3 aromatic rings. The van der Waals surface area contributed by atoms with Crippen LogP contribution in [0.15, 0.2) is 36.7 Å². The average Bonchev–Trinajstić information content (AvgIpc) is 3.15. The highest BCUT2D eigenvalue weighted by Crippen LogP contribution is 2.39. The van der Waals surface area contributed by atoms with Crippen LogP contribution in [0.2, 0.25) is 5.02 Å². The third-order valence-electron chi connectivity index (χ3n) is 4.47. The van der Waals surface area contributed by atoms with Crippen LogP contribution in [0.1, 0.15) is 42.9 Å². The van der Waals surface area contributed by atoms with Gasteiger partial charge >= 0.3 is 0 Å². The van der Waals surface area contributed by atoms with Gasteiger partial charge < -0.3 is 5.32 Å². The summed E-state index contributed by atoms with van der Waals surface area (Å²) in [6, 6.07) is 6.04. The number of anilines is 1. The molecule has 0 aliphatic heterocycles. The second kappa shape index (κ2) is 6.57. The lowest BCUT2D eigenvalue weighted by Crippen LogP contribution is -2.18. The first-order valence-corrected chi connectivity index (χ1v) is 8.74. The van der Waals surface area contributed by atoms with Crippen LogP contribution in [0.4, 0.5) is 10.2 Å². The molecule has 1 aliphatic carbocycles. The molecule has 2 N–H and O–H groups in total. The first kappa shape index (κ1) is 16.8. The predicted molar refractivity (Wildman–Crippen MR) is 96.1 cm³/mol. The maximum Gasteiger partial charge on any atom is 0.232 e. The number of carbonyl (C=O) groups is 1. The Morgan fingerprint density at radius 3 is 2.92 bits per heavy atom. The number of aromatic amines is 1. The first-order chi connectivity index (χ1) is 12.5. The van der Waals surface area contributed by atoms with Crippen molar-refractivity contribution in [2.45, 2.75) is 31.6 Å². The summed E-state index contributed by atoms with van der Waals surface area (Å²) in [5, 5.41) is 14.4. The lowest BCUT2D eigenvalue weighted by molar-refractivity contribution is -0.117. The fourth-order valence-electron chi connectivity index (χ4n) is 2.76. The van der Waals surface area contributed by atoms with Gasteiger partial charge in [0.25, 0.3) is 0 Å². The summed E-state index contributed by atoms with van der Waals surface area (Å²) in [5.74, 6) is -0.000165. The maximum absolute atomic E-state index is 13.5. The Balaban J connectivity index is 1.47. The number of hydrogen-bond donors (Lipinski definition) is 2. The molecule has 1 amide bonds. The minimum Gasteiger partial charge on any atom is -0.309 e. The molecule has 4 rings (SSSR count). The van der Waals surface area contributed by atoms with Gasteiger partial charge in [0.2, 0.25) is 5.91 Å². The monoisotopic (exact) mass is 373 g/mol. The Bertz CT molecular complexity index is 942. The molecule has 6 nitrogen and oxygen atoms in total. The van der Waals surface area contributed by atoms with Gasteiger partial charge in [-0.15, -0.1) is 0 Å². The molecule has 1 atom stereocenters. The van der Waals surface area contributed by atoms with Crippen LogP contribution < -0.4 is 5.32 Å². The summed E-state index contributed by atoms with van der Waals surface area (Å²) in [5.41, 5.74) is 2.26. The highest BCUT2D eigenvalue weighted by atomic mass is 35.5. The number of carbonyl (C=O) groups excluding carboxylic acids is 1. The maximum atomic E-state index is 13.5. The van der Waals surface area contributed by atoms with Crippen molar-refractivity contribution < 1.29 is 9.18 Å². The van der Waals surface area contributed by atoms with E-state index in [9.17, 15) is 9.18 Å². The highest BCUT2D eigenvalue weighted by molar-refractivity contribution is 6.30. The lowest BCUT2D eigenvalue weighted by atomic mass is 10.0. The topological polar surface area (TPSA) is 75.6 Å². The van der Waals surface area contributed by atoms with Crippen LogP contribution in [0.5, 0.6) is 0 Å². The quantitative estimate of drug-likeness (QED) is 0.709. The van der Waals surface area contributed by atoms with Gasteiger partial charge in [-0.25, -0.2) is 9.07 Å². The molecule has 26 heavy (non-hydrogen) atoms. The third-order valence-corrected chi connectivity index (χ3v) is 4.69. The van der Waals surface area contributed by atoms with Crippen LogP contribution >= 0.6 is 11.6 Å². The minimum absolute atomic E-state index is 0.185. The van der Waals surface area contributed by atoms with Gasteiger partial charge in [-0.05, 0) is 38.0 Å². The van der Waals surface area contributed by atoms with E-state index in [1.165, 1.54) is 16.8 Å². The summed E-state index contributed by atoms with van der Waals surface area (Å²) in [6.45, 7) is 1.78. The number of hydrogen-bond acceptors (Lipinski definition) is 3. The zero-order valence-corrected chi connectivity index (χ0v) is 14.8. The van der Waals surface area contributed by atoms with Crippen LogP contribution in [-0.2, 0) is 4.79 Å². The van der Waals surface area contributed by atoms with Crippen molar-refractivity contribution in [3.05, 3.63) is 58.8 Å². The molecule has 1 fully saturated rings. The molecule has 0 bridgehead atoms. The second-order valence-electron chi connectivity index (χ2n) is 6.54. The SMILES string of the molecule is CC(C(=O)Nc1cc(C2CC2)[nH]n1)c1cnn(-c2cc(F)cc(Cl)c2)c1. The van der Waals surface area contributed by atoms with E-state index in [0.717, 1.165) is 18.5 Å². The molecule has 1 unspecified atom stereocenters. The first-order valence-electron chi connectivity index (χ1n) is 8.37. The van der Waals surface area contributed by atoms with Gasteiger partial charge in [0, 0.05) is 34.5 Å². The van der Waals surface area contributed by atoms with Gasteiger partial charge in [0.05, 0.1) is 17.8 Å². The Morgan fingerprint density at radius 1 is 1.38 bits per heavy atom. The standard InChI is InChI=1S/C18H17ClFN5O/c1-10(18(26)22-17-7-16(23-24-17)11-2-3-11)12-8-21-25(9-12)15-5-13(19)4-14(20)6-15/h4-11H,2-3H2,1H3,(H2,22,23,24,26). The van der Waals surface area contributed by atoms with E-state index in [2.05, 4.69) is 20.6 Å². The second-order valence-corrected chi connectivity index (χ2v) is 6.98. The normalized spacial score (nSPS) is 15.0. The van der Waals surface area contributed by atoms with Gasteiger partial charge in [-0.2, -0.15) is 10.2 Å². The number of H-pyrrole nitrogens is 1. The molecule has 2 heterocycles. The molecule has 0 saturated heterocycles. The van der Waals surface area contributed by atoms with Crippen molar-refractivity contribution in [1.82, 2.24) is 20.0 Å². The number of aromatic nitrogens is 4. The number of benzene rings is 1. The minimum atomic E-state index is -0.444. The number of rotatable bonds is 5. The average molecular weight is 374 g/mol. The van der Waals surface area contributed by atoms with E-state index >= 15 is 0 Å². The molecule has 0 spiro atoms. The van der Waals surface area contributed by atoms with Crippen LogP contribution in [0.3, 0.4) is 0 Å². The van der Waals surface area contributed by atoms with E-state index in [1.54, 1.807) is 25.4 Å². The van der Waals surface area contributed by atoms with Gasteiger partial charge in [0.15, 0.2) is 5.82 Å². The van der Waals surface area contributed by atoms with Gasteiger partial charge in [0.1, 0.15) is 5.82 Å². The molecule has 1 saturated carbocycles. The molecule has 134 valence electrons. The van der Waals surface area contributed by atoms with Crippen molar-refractivity contribution in [2.75, 3.05) is 5.32 Å². The molecule has 8 heteroatoms. The fourth-order valence-corrected chi connectivity index (χ4v) is 2.98. The lowest BCUT2D eigenvalue weighted by Gasteiger charge is -2.08. The molecule has 1 aliphatic rings. The molecule has 2 aromatic heterocycles. The largest absolute Gasteiger partial charge is 0.309 e. The Labute approximate surface area is 154 Å². The van der Waals surface area contributed by atoms with E-state index in [0.29, 0.717) is 23.0 Å². The number of nitrogens with zero attached hydrogens (tertiary/aromatic N) is 3. The van der Waals surface area contributed by atoms with Crippen molar-refractivity contribution in [3.8, 4) is 5.69 Å². The Morgan fingerprint density at radius 2 is 2.19 bits per heavy atom. The molecule has 0 radical (unpaired) electrons. The third kappa shape index (κ3) is 3.48. The number of nitrogens with one attached hydrogen (secondary N) is 2. The number of halogens is 2. The zero-order chi connectivity index (χ0) is 18.3. The summed E-state index contributed by atoms with van der Waals surface area (Å²) in [7, 11) is 0. The smallest absolute Gasteiger partial charge is 0.232 e. The number of amides is 1. The van der Waals surface area contributed by atoms with Gasteiger partial charge in [-0.3, -0.25) is 9.89 Å². The highest BCUT2D eigenvalue weighted by Gasteiger charge is 2.26. The van der Waals surface area contributed by atoms with E-state index in [4.69, 9.17) is 11.6 Å².